The van der Waals surface area contributed by atoms with Crippen molar-refractivity contribution in [1.29, 1.82) is 0 Å². The Hall–Kier alpha value is -3.36. The van der Waals surface area contributed by atoms with E-state index >= 15 is 0 Å². The Morgan fingerprint density at radius 1 is 1.21 bits per heavy atom. The first kappa shape index (κ1) is 22.8. The molecule has 0 bridgehead atoms. The molecule has 2 aromatic carbocycles. The van der Waals surface area contributed by atoms with E-state index in [0.29, 0.717) is 34.1 Å². The molecule has 3 aromatic rings. The van der Waals surface area contributed by atoms with Gasteiger partial charge in [0.15, 0.2) is 5.69 Å². The number of carbonyl (C=O) groups is 1. The summed E-state index contributed by atoms with van der Waals surface area (Å²) in [6.07, 6.45) is 1.88. The number of rotatable bonds is 7. The Morgan fingerprint density at radius 2 is 2.00 bits per heavy atom. The zero-order valence-electron chi connectivity index (χ0n) is 18.2. The van der Waals surface area contributed by atoms with Crippen LogP contribution in [-0.2, 0) is 6.42 Å². The maximum Gasteiger partial charge on any atom is 0.269 e. The van der Waals surface area contributed by atoms with Crippen LogP contribution in [0.1, 0.15) is 21.6 Å². The average molecular weight is 470 g/mol. The predicted octanol–water partition coefficient (Wildman–Crippen LogP) is 3.73. The van der Waals surface area contributed by atoms with Crippen LogP contribution in [0, 0.1) is 5.82 Å². The molecule has 1 aliphatic rings. The van der Waals surface area contributed by atoms with Crippen molar-refractivity contribution in [1.82, 2.24) is 10.3 Å². The van der Waals surface area contributed by atoms with Gasteiger partial charge < -0.3 is 26.0 Å². The second-order valence-corrected chi connectivity index (χ2v) is 8.17. The Labute approximate surface area is 196 Å². The van der Waals surface area contributed by atoms with Gasteiger partial charge in [-0.2, -0.15) is 0 Å². The number of primary amides is 1. The van der Waals surface area contributed by atoms with Gasteiger partial charge in [0, 0.05) is 55.6 Å². The van der Waals surface area contributed by atoms with E-state index in [1.54, 1.807) is 13.2 Å². The summed E-state index contributed by atoms with van der Waals surface area (Å²) >= 11 is 6.21. The fraction of sp³-hybridized carbons (Fsp3) is 0.250. The molecule has 0 radical (unpaired) electrons. The van der Waals surface area contributed by atoms with Crippen LogP contribution in [0.2, 0.25) is 5.02 Å². The number of pyridine rings is 1. The minimum atomic E-state index is -0.663. The molecule has 0 atom stereocenters. The number of carbonyl (C=O) groups excluding carboxylic acids is 1. The van der Waals surface area contributed by atoms with Gasteiger partial charge in [0.25, 0.3) is 5.91 Å². The minimum absolute atomic E-state index is 0.0947. The fourth-order valence-electron chi connectivity index (χ4n) is 3.84. The number of hydrogen-bond donors (Lipinski definition) is 3. The van der Waals surface area contributed by atoms with E-state index in [1.807, 2.05) is 18.2 Å². The molecule has 0 spiro atoms. The number of nitrogens with zero attached hydrogens (tertiary/aromatic N) is 2. The molecule has 1 amide bonds. The fourth-order valence-corrected chi connectivity index (χ4v) is 4.03. The third kappa shape index (κ3) is 5.35. The van der Waals surface area contributed by atoms with Gasteiger partial charge in [-0.05, 0) is 47.5 Å². The number of hydrogen-bond acceptors (Lipinski definition) is 6. The maximum absolute atomic E-state index is 13.7. The molecule has 7 nitrogen and oxygen atoms in total. The highest BCUT2D eigenvalue weighted by molar-refractivity contribution is 6.31. The third-order valence-electron chi connectivity index (χ3n) is 5.52. The molecule has 1 saturated heterocycles. The second-order valence-electron chi connectivity index (χ2n) is 7.76. The Balaban J connectivity index is 1.64. The van der Waals surface area contributed by atoms with Crippen molar-refractivity contribution in [2.45, 2.75) is 6.42 Å². The average Bonchev–Trinajstić information content (AvgIpc) is 2.82. The first-order valence-electron chi connectivity index (χ1n) is 10.6. The zero-order valence-corrected chi connectivity index (χ0v) is 19.0. The Kier molecular flexibility index (Phi) is 6.96. The molecular formula is C24H25ClFN5O2. The van der Waals surface area contributed by atoms with E-state index in [-0.39, 0.29) is 11.5 Å². The number of anilines is 3. The topological polar surface area (TPSA) is 92.5 Å². The summed E-state index contributed by atoms with van der Waals surface area (Å²) in [5.41, 5.74) is 9.16. The number of benzene rings is 2. The summed E-state index contributed by atoms with van der Waals surface area (Å²) < 4.78 is 19.3. The summed E-state index contributed by atoms with van der Waals surface area (Å²) in [7, 11) is 1.59. The van der Waals surface area contributed by atoms with E-state index in [0.717, 1.165) is 37.4 Å². The van der Waals surface area contributed by atoms with Gasteiger partial charge in [0.1, 0.15) is 11.6 Å². The zero-order chi connectivity index (χ0) is 23.4. The maximum atomic E-state index is 13.7. The van der Waals surface area contributed by atoms with Crippen molar-refractivity contribution in [3.8, 4) is 5.75 Å². The van der Waals surface area contributed by atoms with Crippen molar-refractivity contribution in [3.05, 3.63) is 76.3 Å². The number of aromatic nitrogens is 1. The lowest BCUT2D eigenvalue weighted by atomic mass is 10.0. The van der Waals surface area contributed by atoms with Crippen molar-refractivity contribution in [2.75, 3.05) is 43.5 Å². The highest BCUT2D eigenvalue weighted by Crippen LogP contribution is 2.33. The Morgan fingerprint density at radius 3 is 2.73 bits per heavy atom. The van der Waals surface area contributed by atoms with Gasteiger partial charge in [-0.25, -0.2) is 9.37 Å². The summed E-state index contributed by atoms with van der Waals surface area (Å²) in [5.74, 6) is -0.409. The highest BCUT2D eigenvalue weighted by atomic mass is 35.5. The number of nitrogens with one attached hydrogen (secondary N) is 2. The molecule has 0 unspecified atom stereocenters. The van der Waals surface area contributed by atoms with Crippen LogP contribution in [0.5, 0.6) is 5.75 Å². The van der Waals surface area contributed by atoms with Gasteiger partial charge in [-0.15, -0.1) is 0 Å². The number of halogens is 2. The molecule has 9 heteroatoms. The third-order valence-corrected chi connectivity index (χ3v) is 5.89. The van der Waals surface area contributed by atoms with Crippen LogP contribution in [0.3, 0.4) is 0 Å². The highest BCUT2D eigenvalue weighted by Gasteiger charge is 2.17. The lowest BCUT2D eigenvalue weighted by Gasteiger charge is -2.30. The molecule has 1 aliphatic heterocycles. The lowest BCUT2D eigenvalue weighted by molar-refractivity contribution is 0.0996. The SMILES string of the molecule is COc1cc(N2CCNCC2)ccc1Nc1cc(Cc2cc(F)ccc2Cl)cnc1C(N)=O. The first-order valence-corrected chi connectivity index (χ1v) is 11.0. The van der Waals surface area contributed by atoms with Gasteiger partial charge in [-0.3, -0.25) is 4.79 Å². The van der Waals surface area contributed by atoms with Crippen molar-refractivity contribution in [3.63, 3.8) is 0 Å². The number of methoxy groups -OCH3 is 1. The number of piperazine rings is 1. The van der Waals surface area contributed by atoms with Gasteiger partial charge in [-0.1, -0.05) is 11.6 Å². The molecule has 172 valence electrons. The van der Waals surface area contributed by atoms with Gasteiger partial charge in [0.2, 0.25) is 0 Å². The van der Waals surface area contributed by atoms with Gasteiger partial charge in [0.05, 0.1) is 18.5 Å². The van der Waals surface area contributed by atoms with E-state index in [9.17, 15) is 9.18 Å². The largest absolute Gasteiger partial charge is 0.494 e. The standard InChI is InChI=1S/C24H25ClFN5O2/c1-33-22-13-18(31-8-6-28-7-9-31)3-5-20(22)30-21-11-15(14-29-23(21)24(27)32)10-16-12-17(26)2-4-19(16)25/h2-5,11-14,28,30H,6-10H2,1H3,(H2,27,32). The normalized spacial score (nSPS) is 13.6. The summed E-state index contributed by atoms with van der Waals surface area (Å²) in [5, 5.41) is 7.02. The van der Waals surface area contributed by atoms with Crippen LogP contribution in [0.25, 0.3) is 0 Å². The van der Waals surface area contributed by atoms with Crippen LogP contribution in [-0.4, -0.2) is 44.2 Å². The second kappa shape index (κ2) is 10.1. The molecule has 33 heavy (non-hydrogen) atoms. The summed E-state index contributed by atoms with van der Waals surface area (Å²) in [6.45, 7) is 3.68. The quantitative estimate of drug-likeness (QED) is 0.488. The molecule has 1 aromatic heterocycles. The predicted molar refractivity (Wildman–Crippen MR) is 128 cm³/mol. The summed E-state index contributed by atoms with van der Waals surface area (Å²) in [6, 6.07) is 11.8. The van der Waals surface area contributed by atoms with Gasteiger partial charge >= 0.3 is 0 Å². The molecule has 0 saturated carbocycles. The molecule has 4 rings (SSSR count). The first-order chi connectivity index (χ1) is 15.9. The van der Waals surface area contributed by atoms with Crippen molar-refractivity contribution in [2.24, 2.45) is 5.73 Å². The van der Waals surface area contributed by atoms with Crippen LogP contribution in [0.15, 0.2) is 48.7 Å². The smallest absolute Gasteiger partial charge is 0.269 e. The number of nitrogens with two attached hydrogens (primary N) is 1. The van der Waals surface area contributed by atoms with Crippen LogP contribution >= 0.6 is 11.6 Å². The van der Waals surface area contributed by atoms with Crippen LogP contribution < -0.4 is 26.0 Å². The molecule has 2 heterocycles. The molecular weight excluding hydrogens is 445 g/mol. The molecule has 4 N–H and O–H groups in total. The number of amides is 1. The molecule has 0 aliphatic carbocycles. The number of ether oxygens (including phenoxy) is 1. The van der Waals surface area contributed by atoms with E-state index in [1.165, 1.54) is 24.4 Å². The monoisotopic (exact) mass is 469 g/mol. The molecule has 1 fully saturated rings. The lowest BCUT2D eigenvalue weighted by Crippen LogP contribution is -2.43. The van der Waals surface area contributed by atoms with E-state index in [2.05, 4.69) is 20.5 Å². The van der Waals surface area contributed by atoms with Crippen molar-refractivity contribution >= 4 is 34.6 Å². The van der Waals surface area contributed by atoms with E-state index in [4.69, 9.17) is 22.1 Å². The van der Waals surface area contributed by atoms with E-state index < -0.39 is 5.91 Å². The van der Waals surface area contributed by atoms with Crippen molar-refractivity contribution < 1.29 is 13.9 Å². The minimum Gasteiger partial charge on any atom is -0.494 e. The van der Waals surface area contributed by atoms with Crippen LogP contribution in [0.4, 0.5) is 21.5 Å². The Bertz CT molecular complexity index is 1170. The summed E-state index contributed by atoms with van der Waals surface area (Å²) in [4.78, 5) is 18.5.